The second-order valence-corrected chi connectivity index (χ2v) is 14.8. The lowest BCUT2D eigenvalue weighted by Crippen LogP contribution is -2.31. The summed E-state index contributed by atoms with van der Waals surface area (Å²) < 4.78 is 21.4. The Kier molecular flexibility index (Phi) is 6.48. The first kappa shape index (κ1) is 30.8. The van der Waals surface area contributed by atoms with Gasteiger partial charge in [-0.2, -0.15) is 0 Å². The minimum absolute atomic E-state index is 0.381. The molecule has 258 valence electrons. The predicted octanol–water partition coefficient (Wildman–Crippen LogP) is 12.3. The van der Waals surface area contributed by atoms with Crippen LogP contribution in [0.5, 0.6) is 0 Å². The fourth-order valence-corrected chi connectivity index (χ4v) is 9.06. The van der Waals surface area contributed by atoms with E-state index in [2.05, 4.69) is 124 Å². The van der Waals surface area contributed by atoms with Crippen LogP contribution in [0.15, 0.2) is 164 Å². The molecule has 5 heterocycles. The van der Waals surface area contributed by atoms with Crippen molar-refractivity contribution in [2.45, 2.75) is 25.4 Å². The average Bonchev–Trinajstić information content (AvgIpc) is 3.85. The lowest BCUT2D eigenvalue weighted by atomic mass is 9.73. The minimum atomic E-state index is -1.36. The zero-order valence-electron chi connectivity index (χ0n) is 29.8. The van der Waals surface area contributed by atoms with Crippen LogP contribution in [0.3, 0.4) is 0 Å². The van der Waals surface area contributed by atoms with E-state index in [0.717, 1.165) is 66.8 Å². The summed E-state index contributed by atoms with van der Waals surface area (Å²) in [6, 6.07) is 50.0. The SMILES string of the molecule is CC1(C)c2cccnc2N(c2cccc(C(F)c3ccc4c5ccccc5n5ccnc5c4c3)c2)c2ccc3c(c21)c1ccccc1n3-c1ccccc1. The zero-order chi connectivity index (χ0) is 36.1. The number of imidazole rings is 1. The van der Waals surface area contributed by atoms with Gasteiger partial charge in [0.05, 0.1) is 22.2 Å². The van der Waals surface area contributed by atoms with Crippen LogP contribution in [0, 0.1) is 0 Å². The summed E-state index contributed by atoms with van der Waals surface area (Å²) in [6.07, 6.45) is 4.27. The number of benzene rings is 6. The van der Waals surface area contributed by atoms with E-state index in [1.165, 1.54) is 16.3 Å². The van der Waals surface area contributed by atoms with Gasteiger partial charge in [-0.25, -0.2) is 14.4 Å². The number of hydrogen-bond acceptors (Lipinski definition) is 3. The summed E-state index contributed by atoms with van der Waals surface area (Å²) in [5.74, 6) is 0.855. The highest BCUT2D eigenvalue weighted by atomic mass is 19.1. The van der Waals surface area contributed by atoms with E-state index in [0.29, 0.717) is 11.1 Å². The molecule has 10 aromatic rings. The standard InChI is InChI=1S/C48H34FN5/c1-48(2)38-18-11-25-50-47(38)54(42-24-23-41-43(44(42)48)36-17-7-9-20-40(36)53(41)32-13-4-3-5-14-32)33-15-10-12-30(28-33)45(49)31-21-22-34-35-16-6-8-19-39(35)52-27-26-51-46(52)37(34)29-31/h3-29,45H,1-2H3. The third kappa shape index (κ3) is 4.25. The van der Waals surface area contributed by atoms with Gasteiger partial charge in [0.15, 0.2) is 6.17 Å². The van der Waals surface area contributed by atoms with Crippen LogP contribution >= 0.6 is 0 Å². The van der Waals surface area contributed by atoms with Gasteiger partial charge in [0, 0.05) is 62.5 Å². The molecule has 0 N–H and O–H groups in total. The first-order valence-electron chi connectivity index (χ1n) is 18.4. The van der Waals surface area contributed by atoms with Crippen LogP contribution in [-0.2, 0) is 5.41 Å². The average molecular weight is 700 g/mol. The van der Waals surface area contributed by atoms with Gasteiger partial charge in [-0.05, 0) is 82.7 Å². The molecule has 0 saturated carbocycles. The van der Waals surface area contributed by atoms with Crippen LogP contribution in [0.25, 0.3) is 54.8 Å². The van der Waals surface area contributed by atoms with E-state index >= 15 is 4.39 Å². The van der Waals surface area contributed by atoms with Gasteiger partial charge < -0.3 is 4.57 Å². The van der Waals surface area contributed by atoms with Crippen LogP contribution in [0.4, 0.5) is 21.6 Å². The van der Waals surface area contributed by atoms with Crippen molar-refractivity contribution in [3.05, 3.63) is 186 Å². The number of pyridine rings is 2. The highest BCUT2D eigenvalue weighted by Gasteiger charge is 2.40. The molecule has 4 aromatic heterocycles. The molecule has 0 radical (unpaired) electrons. The number of fused-ring (bicyclic) bond motifs is 12. The number of halogens is 1. The third-order valence-electron chi connectivity index (χ3n) is 11.5. The number of rotatable bonds is 4. The summed E-state index contributed by atoms with van der Waals surface area (Å²) >= 11 is 0. The van der Waals surface area contributed by atoms with Crippen molar-refractivity contribution in [1.29, 1.82) is 0 Å². The molecule has 0 amide bonds. The smallest absolute Gasteiger partial charge is 0.150 e. The molecule has 1 aliphatic heterocycles. The highest BCUT2D eigenvalue weighted by Crippen LogP contribution is 2.55. The van der Waals surface area contributed by atoms with E-state index in [-0.39, 0.29) is 5.41 Å². The summed E-state index contributed by atoms with van der Waals surface area (Å²) in [4.78, 5) is 11.9. The Morgan fingerprint density at radius 1 is 0.574 bits per heavy atom. The molecule has 0 fully saturated rings. The zero-order valence-corrected chi connectivity index (χ0v) is 29.8. The van der Waals surface area contributed by atoms with Crippen molar-refractivity contribution in [3.63, 3.8) is 0 Å². The Morgan fingerprint density at radius 3 is 2.20 bits per heavy atom. The number of nitrogens with zero attached hydrogens (tertiary/aromatic N) is 5. The van der Waals surface area contributed by atoms with E-state index in [4.69, 9.17) is 4.98 Å². The first-order valence-corrected chi connectivity index (χ1v) is 18.4. The Hall–Kier alpha value is -6.79. The number of hydrogen-bond donors (Lipinski definition) is 0. The lowest BCUT2D eigenvalue weighted by Gasteiger charge is -2.41. The largest absolute Gasteiger partial charge is 0.309 e. The van der Waals surface area contributed by atoms with Gasteiger partial charge in [0.2, 0.25) is 0 Å². The van der Waals surface area contributed by atoms with Crippen molar-refractivity contribution in [2.24, 2.45) is 0 Å². The molecule has 54 heavy (non-hydrogen) atoms. The molecule has 0 bridgehead atoms. The maximum atomic E-state index is 17.0. The van der Waals surface area contributed by atoms with Gasteiger partial charge in [-0.1, -0.05) is 98.8 Å². The van der Waals surface area contributed by atoms with Gasteiger partial charge in [0.25, 0.3) is 0 Å². The Labute approximate surface area is 311 Å². The molecule has 0 saturated heterocycles. The normalized spacial score (nSPS) is 14.2. The van der Waals surface area contributed by atoms with E-state index in [1.807, 2.05) is 67.0 Å². The number of aromatic nitrogens is 4. The van der Waals surface area contributed by atoms with Crippen molar-refractivity contribution in [2.75, 3.05) is 4.90 Å². The maximum Gasteiger partial charge on any atom is 0.150 e. The molecule has 5 nitrogen and oxygen atoms in total. The lowest BCUT2D eigenvalue weighted by molar-refractivity contribution is 0.402. The van der Waals surface area contributed by atoms with Crippen LogP contribution in [-0.4, -0.2) is 18.9 Å². The highest BCUT2D eigenvalue weighted by molar-refractivity contribution is 6.14. The molecule has 1 atom stereocenters. The Bertz CT molecular complexity index is 3120. The fourth-order valence-electron chi connectivity index (χ4n) is 9.06. The summed E-state index contributed by atoms with van der Waals surface area (Å²) in [5, 5.41) is 5.51. The molecule has 6 heteroatoms. The quantitative estimate of drug-likeness (QED) is 0.172. The topological polar surface area (TPSA) is 38.4 Å². The predicted molar refractivity (Wildman–Crippen MR) is 219 cm³/mol. The molecule has 1 unspecified atom stereocenters. The number of para-hydroxylation sites is 3. The second-order valence-electron chi connectivity index (χ2n) is 14.8. The summed E-state index contributed by atoms with van der Waals surface area (Å²) in [7, 11) is 0. The Balaban J connectivity index is 1.10. The van der Waals surface area contributed by atoms with Crippen molar-refractivity contribution in [1.82, 2.24) is 18.9 Å². The van der Waals surface area contributed by atoms with E-state index in [1.54, 1.807) is 6.20 Å². The van der Waals surface area contributed by atoms with Gasteiger partial charge in [-0.3, -0.25) is 9.30 Å². The number of alkyl halides is 1. The van der Waals surface area contributed by atoms with E-state index < -0.39 is 6.17 Å². The molecule has 0 aliphatic carbocycles. The molecular weight excluding hydrogens is 666 g/mol. The minimum Gasteiger partial charge on any atom is -0.309 e. The third-order valence-corrected chi connectivity index (χ3v) is 11.5. The molecule has 6 aromatic carbocycles. The molecular formula is C48H34FN5. The maximum absolute atomic E-state index is 17.0. The van der Waals surface area contributed by atoms with Gasteiger partial charge >= 0.3 is 0 Å². The Morgan fingerprint density at radius 2 is 1.33 bits per heavy atom. The first-order chi connectivity index (χ1) is 26.5. The van der Waals surface area contributed by atoms with Crippen molar-refractivity contribution in [3.8, 4) is 5.69 Å². The fraction of sp³-hybridized carbons (Fsp3) is 0.0833. The van der Waals surface area contributed by atoms with Gasteiger partial charge in [0.1, 0.15) is 11.5 Å². The summed E-state index contributed by atoms with van der Waals surface area (Å²) in [5.41, 5.74) is 10.4. The van der Waals surface area contributed by atoms with E-state index in [9.17, 15) is 0 Å². The molecule has 0 spiro atoms. The van der Waals surface area contributed by atoms with Crippen LogP contribution in [0.2, 0.25) is 0 Å². The molecule has 1 aliphatic rings. The van der Waals surface area contributed by atoms with Gasteiger partial charge in [-0.15, -0.1) is 0 Å². The molecule has 11 rings (SSSR count). The van der Waals surface area contributed by atoms with Crippen molar-refractivity contribution < 1.29 is 4.39 Å². The number of anilines is 3. The second kappa shape index (κ2) is 11.4. The summed E-state index contributed by atoms with van der Waals surface area (Å²) in [6.45, 7) is 4.59. The van der Waals surface area contributed by atoms with Crippen LogP contribution in [0.1, 0.15) is 42.3 Å². The van der Waals surface area contributed by atoms with Crippen molar-refractivity contribution >= 4 is 66.3 Å². The van der Waals surface area contributed by atoms with Crippen LogP contribution < -0.4 is 4.90 Å². The monoisotopic (exact) mass is 699 g/mol.